The van der Waals surface area contributed by atoms with Gasteiger partial charge in [-0.05, 0) is 31.9 Å². The van der Waals surface area contributed by atoms with Gasteiger partial charge in [0.05, 0.1) is 18.9 Å². The molecule has 0 spiro atoms. The lowest BCUT2D eigenvalue weighted by molar-refractivity contribution is 0.122. The van der Waals surface area contributed by atoms with Crippen LogP contribution in [0.15, 0.2) is 30.7 Å². The van der Waals surface area contributed by atoms with Gasteiger partial charge < -0.3 is 19.9 Å². The highest BCUT2D eigenvalue weighted by Crippen LogP contribution is 2.24. The van der Waals surface area contributed by atoms with E-state index in [4.69, 9.17) is 9.72 Å². The van der Waals surface area contributed by atoms with Crippen LogP contribution in [-0.4, -0.2) is 70.0 Å². The van der Waals surface area contributed by atoms with E-state index in [0.29, 0.717) is 6.04 Å². The predicted octanol–water partition coefficient (Wildman–Crippen LogP) is 1.75. The molecule has 3 aromatic heterocycles. The molecule has 9 nitrogen and oxygen atoms in total. The standard InChI is InChI=1S/C20H26N8O/c1-15-13-17-19(21-6-8-28(17)25-15)27-7-2-3-16(14-27)23-18-4-5-22-20(24-18)26-9-11-29-12-10-26/h4-6,8,13,16H,2-3,7,9-12,14H2,1H3,(H,22,23,24). The number of rotatable bonds is 4. The largest absolute Gasteiger partial charge is 0.378 e. The zero-order valence-corrected chi connectivity index (χ0v) is 16.7. The second kappa shape index (κ2) is 7.82. The molecule has 152 valence electrons. The molecule has 0 amide bonds. The second-order valence-corrected chi connectivity index (χ2v) is 7.64. The quantitative estimate of drug-likeness (QED) is 0.717. The van der Waals surface area contributed by atoms with E-state index in [1.54, 1.807) is 0 Å². The number of nitrogens with zero attached hydrogens (tertiary/aromatic N) is 7. The van der Waals surface area contributed by atoms with Gasteiger partial charge in [0.2, 0.25) is 5.95 Å². The first-order valence-corrected chi connectivity index (χ1v) is 10.2. The average Bonchev–Trinajstić information content (AvgIpc) is 3.15. The smallest absolute Gasteiger partial charge is 0.227 e. The molecule has 1 atom stereocenters. The SMILES string of the molecule is Cc1cc2c(N3CCCC(Nc4ccnc(N5CCOCC5)n4)C3)nccn2n1. The van der Waals surface area contributed by atoms with Gasteiger partial charge in [0.25, 0.3) is 0 Å². The van der Waals surface area contributed by atoms with Gasteiger partial charge in [0.1, 0.15) is 11.3 Å². The van der Waals surface area contributed by atoms with Gasteiger partial charge in [-0.15, -0.1) is 0 Å². The summed E-state index contributed by atoms with van der Waals surface area (Å²) in [5.41, 5.74) is 2.06. The van der Waals surface area contributed by atoms with Crippen molar-refractivity contribution in [3.63, 3.8) is 0 Å². The van der Waals surface area contributed by atoms with Crippen LogP contribution >= 0.6 is 0 Å². The summed E-state index contributed by atoms with van der Waals surface area (Å²) in [5.74, 6) is 2.64. The van der Waals surface area contributed by atoms with Crippen molar-refractivity contribution in [2.24, 2.45) is 0 Å². The minimum Gasteiger partial charge on any atom is -0.378 e. The molecule has 1 N–H and O–H groups in total. The molecule has 0 aromatic carbocycles. The summed E-state index contributed by atoms with van der Waals surface area (Å²) in [5, 5.41) is 8.13. The van der Waals surface area contributed by atoms with E-state index in [9.17, 15) is 0 Å². The molecule has 0 aliphatic carbocycles. The van der Waals surface area contributed by atoms with E-state index in [1.807, 2.05) is 36.1 Å². The minimum absolute atomic E-state index is 0.308. The number of aryl methyl sites for hydroxylation is 1. The highest BCUT2D eigenvalue weighted by atomic mass is 16.5. The first kappa shape index (κ1) is 18.1. The Morgan fingerprint density at radius 2 is 2.00 bits per heavy atom. The lowest BCUT2D eigenvalue weighted by Gasteiger charge is -2.34. The maximum atomic E-state index is 5.43. The molecule has 2 aliphatic heterocycles. The van der Waals surface area contributed by atoms with Crippen molar-refractivity contribution in [2.75, 3.05) is 54.5 Å². The molecular formula is C20H26N8O. The molecule has 1 unspecified atom stereocenters. The molecule has 9 heteroatoms. The fourth-order valence-electron chi connectivity index (χ4n) is 4.12. The van der Waals surface area contributed by atoms with Crippen molar-refractivity contribution in [1.82, 2.24) is 24.6 Å². The summed E-state index contributed by atoms with van der Waals surface area (Å²) in [6.07, 6.45) is 7.77. The maximum absolute atomic E-state index is 5.43. The van der Waals surface area contributed by atoms with Crippen molar-refractivity contribution in [3.05, 3.63) is 36.4 Å². The summed E-state index contributed by atoms with van der Waals surface area (Å²) in [7, 11) is 0. The van der Waals surface area contributed by atoms with Gasteiger partial charge in [-0.25, -0.2) is 14.5 Å². The average molecular weight is 394 g/mol. The normalized spacial score (nSPS) is 20.2. The van der Waals surface area contributed by atoms with E-state index in [2.05, 4.69) is 36.2 Å². The number of hydrogen-bond donors (Lipinski definition) is 1. The van der Waals surface area contributed by atoms with E-state index >= 15 is 0 Å². The van der Waals surface area contributed by atoms with Crippen LogP contribution in [0.2, 0.25) is 0 Å². The fraction of sp³-hybridized carbons (Fsp3) is 0.500. The molecule has 5 heterocycles. The van der Waals surface area contributed by atoms with Gasteiger partial charge in [0, 0.05) is 50.8 Å². The van der Waals surface area contributed by atoms with Crippen LogP contribution < -0.4 is 15.1 Å². The summed E-state index contributed by atoms with van der Waals surface area (Å²) in [4.78, 5) is 18.4. The van der Waals surface area contributed by atoms with Crippen LogP contribution in [0.3, 0.4) is 0 Å². The Labute approximate surface area is 169 Å². The Morgan fingerprint density at radius 3 is 2.90 bits per heavy atom. The highest BCUT2D eigenvalue weighted by Gasteiger charge is 2.23. The van der Waals surface area contributed by atoms with E-state index in [1.165, 1.54) is 0 Å². The molecule has 3 aromatic rings. The van der Waals surface area contributed by atoms with Crippen LogP contribution in [0.4, 0.5) is 17.6 Å². The second-order valence-electron chi connectivity index (χ2n) is 7.64. The van der Waals surface area contributed by atoms with Crippen molar-refractivity contribution in [1.29, 1.82) is 0 Å². The Balaban J connectivity index is 1.31. The number of hydrogen-bond acceptors (Lipinski definition) is 8. The third-order valence-corrected chi connectivity index (χ3v) is 5.50. The zero-order valence-electron chi connectivity index (χ0n) is 16.7. The van der Waals surface area contributed by atoms with E-state index in [-0.39, 0.29) is 0 Å². The Bertz CT molecular complexity index is 984. The fourth-order valence-corrected chi connectivity index (χ4v) is 4.12. The summed E-state index contributed by atoms with van der Waals surface area (Å²) < 4.78 is 7.34. The van der Waals surface area contributed by atoms with Gasteiger partial charge in [0.15, 0.2) is 5.82 Å². The van der Waals surface area contributed by atoms with Crippen molar-refractivity contribution < 1.29 is 4.74 Å². The number of fused-ring (bicyclic) bond motifs is 1. The Kier molecular flexibility index (Phi) is 4.89. The van der Waals surface area contributed by atoms with Crippen molar-refractivity contribution >= 4 is 23.1 Å². The molecule has 0 saturated carbocycles. The highest BCUT2D eigenvalue weighted by molar-refractivity contribution is 5.69. The molecule has 5 rings (SSSR count). The van der Waals surface area contributed by atoms with Gasteiger partial charge in [-0.2, -0.15) is 10.1 Å². The van der Waals surface area contributed by atoms with E-state index in [0.717, 1.165) is 81.0 Å². The lowest BCUT2D eigenvalue weighted by Crippen LogP contribution is -2.43. The summed E-state index contributed by atoms with van der Waals surface area (Å²) in [6.45, 7) is 7.02. The zero-order chi connectivity index (χ0) is 19.6. The Morgan fingerprint density at radius 1 is 1.10 bits per heavy atom. The van der Waals surface area contributed by atoms with Crippen LogP contribution in [-0.2, 0) is 4.74 Å². The van der Waals surface area contributed by atoms with Gasteiger partial charge in [-0.1, -0.05) is 0 Å². The van der Waals surface area contributed by atoms with Crippen LogP contribution in [0.5, 0.6) is 0 Å². The first-order valence-electron chi connectivity index (χ1n) is 10.2. The number of ether oxygens (including phenoxy) is 1. The van der Waals surface area contributed by atoms with E-state index < -0.39 is 0 Å². The summed E-state index contributed by atoms with van der Waals surface area (Å²) in [6, 6.07) is 4.35. The number of aromatic nitrogens is 5. The van der Waals surface area contributed by atoms with Crippen LogP contribution in [0.1, 0.15) is 18.5 Å². The lowest BCUT2D eigenvalue weighted by atomic mass is 10.1. The number of morpholine rings is 1. The molecule has 0 radical (unpaired) electrons. The monoisotopic (exact) mass is 394 g/mol. The van der Waals surface area contributed by atoms with Crippen molar-refractivity contribution in [3.8, 4) is 0 Å². The number of anilines is 3. The van der Waals surface area contributed by atoms with Crippen LogP contribution in [0.25, 0.3) is 5.52 Å². The number of nitrogens with one attached hydrogen (secondary N) is 1. The molecule has 2 aliphatic rings. The number of piperidine rings is 1. The third-order valence-electron chi connectivity index (χ3n) is 5.50. The topological polar surface area (TPSA) is 83.7 Å². The minimum atomic E-state index is 0.308. The predicted molar refractivity (Wildman–Crippen MR) is 112 cm³/mol. The molecule has 2 saturated heterocycles. The van der Waals surface area contributed by atoms with Crippen LogP contribution in [0, 0.1) is 6.92 Å². The Hall–Kier alpha value is -2.94. The van der Waals surface area contributed by atoms with Gasteiger partial charge in [-0.3, -0.25) is 0 Å². The molecular weight excluding hydrogens is 368 g/mol. The maximum Gasteiger partial charge on any atom is 0.227 e. The molecule has 2 fully saturated rings. The molecule has 29 heavy (non-hydrogen) atoms. The third kappa shape index (κ3) is 3.82. The first-order chi connectivity index (χ1) is 14.3. The van der Waals surface area contributed by atoms with Gasteiger partial charge >= 0.3 is 0 Å². The summed E-state index contributed by atoms with van der Waals surface area (Å²) >= 11 is 0. The molecule has 0 bridgehead atoms. The van der Waals surface area contributed by atoms with Crippen molar-refractivity contribution in [2.45, 2.75) is 25.8 Å².